The first-order valence-corrected chi connectivity index (χ1v) is 12.1. The predicted molar refractivity (Wildman–Crippen MR) is 135 cm³/mol. The van der Waals surface area contributed by atoms with Crippen molar-refractivity contribution in [3.8, 4) is 17.2 Å². The molecule has 1 fully saturated rings. The molecular formula is C28H33N3O3. The van der Waals surface area contributed by atoms with Crippen molar-refractivity contribution >= 4 is 5.69 Å². The van der Waals surface area contributed by atoms with Crippen molar-refractivity contribution < 1.29 is 14.2 Å². The van der Waals surface area contributed by atoms with Crippen molar-refractivity contribution in [2.24, 2.45) is 5.92 Å². The van der Waals surface area contributed by atoms with Crippen LogP contribution in [0.3, 0.4) is 0 Å². The second kappa shape index (κ2) is 9.95. The molecule has 3 atom stereocenters. The zero-order valence-electron chi connectivity index (χ0n) is 20.1. The average molecular weight is 460 g/mol. The van der Waals surface area contributed by atoms with E-state index < -0.39 is 0 Å². The molecule has 2 aliphatic rings. The van der Waals surface area contributed by atoms with Gasteiger partial charge in [-0.25, -0.2) is 10.9 Å². The molecule has 0 radical (unpaired) electrons. The molecule has 6 nitrogen and oxygen atoms in total. The van der Waals surface area contributed by atoms with E-state index in [4.69, 9.17) is 14.2 Å². The first-order valence-electron chi connectivity index (χ1n) is 12.1. The summed E-state index contributed by atoms with van der Waals surface area (Å²) in [4.78, 5) is 2.48. The van der Waals surface area contributed by atoms with Gasteiger partial charge in [0, 0.05) is 24.7 Å². The third-order valence-electron chi connectivity index (χ3n) is 6.73. The maximum Gasteiger partial charge on any atom is 0.119 e. The lowest BCUT2D eigenvalue weighted by atomic mass is 9.82. The molecular weight excluding hydrogens is 426 g/mol. The Morgan fingerprint density at radius 3 is 2.32 bits per heavy atom. The summed E-state index contributed by atoms with van der Waals surface area (Å²) in [5.74, 6) is 3.06. The third kappa shape index (κ3) is 4.43. The summed E-state index contributed by atoms with van der Waals surface area (Å²) < 4.78 is 17.0. The van der Waals surface area contributed by atoms with Crippen LogP contribution in [-0.2, 0) is 6.54 Å². The quantitative estimate of drug-likeness (QED) is 0.493. The van der Waals surface area contributed by atoms with Gasteiger partial charge in [-0.2, -0.15) is 0 Å². The first-order chi connectivity index (χ1) is 16.7. The van der Waals surface area contributed by atoms with E-state index in [-0.39, 0.29) is 12.1 Å². The molecule has 0 saturated carbocycles. The fraction of sp³-hybridized carbons (Fsp3) is 0.357. The number of anilines is 1. The summed E-state index contributed by atoms with van der Waals surface area (Å²) in [5, 5.41) is 0. The molecule has 0 aromatic heterocycles. The van der Waals surface area contributed by atoms with Gasteiger partial charge in [0.1, 0.15) is 17.2 Å². The standard InChI is InChI=1S/C28H33N3O3/c1-4-33-21-11-9-20(10-12-21)27-25-18-31(17-19-7-6-8-22(15-19)32-3)26-14-13-23(34-5-2)16-24(26)28(25)30-29-27/h6-16,25,27-30H,4-5,17-18H2,1-3H3. The average Bonchev–Trinajstić information content (AvgIpc) is 3.29. The second-order valence-electron chi connectivity index (χ2n) is 8.80. The lowest BCUT2D eigenvalue weighted by molar-refractivity contribution is 0.337. The van der Waals surface area contributed by atoms with Crippen LogP contribution in [-0.4, -0.2) is 26.9 Å². The van der Waals surface area contributed by atoms with Crippen LogP contribution in [0.5, 0.6) is 17.2 Å². The minimum Gasteiger partial charge on any atom is -0.497 e. The lowest BCUT2D eigenvalue weighted by Gasteiger charge is -2.39. The molecule has 2 N–H and O–H groups in total. The molecule has 0 amide bonds. The highest BCUT2D eigenvalue weighted by atomic mass is 16.5. The van der Waals surface area contributed by atoms with Crippen LogP contribution >= 0.6 is 0 Å². The zero-order valence-corrected chi connectivity index (χ0v) is 20.1. The van der Waals surface area contributed by atoms with E-state index in [9.17, 15) is 0 Å². The van der Waals surface area contributed by atoms with Crippen LogP contribution in [0.2, 0.25) is 0 Å². The van der Waals surface area contributed by atoms with Crippen molar-refractivity contribution in [2.75, 3.05) is 31.8 Å². The fourth-order valence-electron chi connectivity index (χ4n) is 5.19. The van der Waals surface area contributed by atoms with Crippen LogP contribution in [0.15, 0.2) is 66.7 Å². The van der Waals surface area contributed by atoms with Crippen LogP contribution in [0.1, 0.15) is 42.6 Å². The van der Waals surface area contributed by atoms with Gasteiger partial charge < -0.3 is 19.1 Å². The lowest BCUT2D eigenvalue weighted by Crippen LogP contribution is -2.39. The molecule has 6 heteroatoms. The number of nitrogens with zero attached hydrogens (tertiary/aromatic N) is 1. The Kier molecular flexibility index (Phi) is 6.61. The van der Waals surface area contributed by atoms with Crippen molar-refractivity contribution in [2.45, 2.75) is 32.5 Å². The van der Waals surface area contributed by atoms with Gasteiger partial charge in [0.15, 0.2) is 0 Å². The van der Waals surface area contributed by atoms with Gasteiger partial charge in [0.25, 0.3) is 0 Å². The van der Waals surface area contributed by atoms with Gasteiger partial charge in [-0.15, -0.1) is 0 Å². The van der Waals surface area contributed by atoms with Gasteiger partial charge in [0.05, 0.1) is 32.4 Å². The van der Waals surface area contributed by atoms with Gasteiger partial charge in [0.2, 0.25) is 0 Å². The topological polar surface area (TPSA) is 55.0 Å². The molecule has 2 heterocycles. The number of benzene rings is 3. The number of nitrogens with one attached hydrogen (secondary N) is 2. The van der Waals surface area contributed by atoms with Gasteiger partial charge in [-0.3, -0.25) is 0 Å². The summed E-state index contributed by atoms with van der Waals surface area (Å²) in [6.45, 7) is 7.10. The van der Waals surface area contributed by atoms with Crippen LogP contribution in [0, 0.1) is 5.92 Å². The Labute approximate surface area is 201 Å². The monoisotopic (exact) mass is 459 g/mol. The number of hydrogen-bond acceptors (Lipinski definition) is 6. The highest BCUT2D eigenvalue weighted by Crippen LogP contribution is 2.46. The van der Waals surface area contributed by atoms with E-state index >= 15 is 0 Å². The van der Waals surface area contributed by atoms with Gasteiger partial charge in [-0.05, 0) is 73.0 Å². The minimum absolute atomic E-state index is 0.192. The van der Waals surface area contributed by atoms with E-state index in [1.54, 1.807) is 7.11 Å². The van der Waals surface area contributed by atoms with E-state index in [1.807, 2.05) is 19.9 Å². The molecule has 3 unspecified atom stereocenters. The van der Waals surface area contributed by atoms with Crippen molar-refractivity contribution in [3.63, 3.8) is 0 Å². The molecule has 3 aromatic carbocycles. The number of methoxy groups -OCH3 is 1. The molecule has 1 saturated heterocycles. The highest BCUT2D eigenvalue weighted by molar-refractivity contribution is 5.61. The second-order valence-corrected chi connectivity index (χ2v) is 8.80. The molecule has 0 spiro atoms. The van der Waals surface area contributed by atoms with Crippen molar-refractivity contribution in [1.29, 1.82) is 0 Å². The normalized spacial score (nSPS) is 21.0. The summed E-state index contributed by atoms with van der Waals surface area (Å²) in [7, 11) is 1.71. The summed E-state index contributed by atoms with van der Waals surface area (Å²) in [6, 6.07) is 23.7. The van der Waals surface area contributed by atoms with Crippen molar-refractivity contribution in [1.82, 2.24) is 10.9 Å². The summed E-state index contributed by atoms with van der Waals surface area (Å²) in [5.41, 5.74) is 12.2. The number of fused-ring (bicyclic) bond motifs is 3. The Balaban J connectivity index is 1.48. The van der Waals surface area contributed by atoms with Gasteiger partial charge >= 0.3 is 0 Å². The van der Waals surface area contributed by atoms with Gasteiger partial charge in [-0.1, -0.05) is 24.3 Å². The van der Waals surface area contributed by atoms with E-state index in [0.29, 0.717) is 19.1 Å². The zero-order chi connectivity index (χ0) is 23.5. The van der Waals surface area contributed by atoms with Crippen molar-refractivity contribution in [3.05, 3.63) is 83.4 Å². The Morgan fingerprint density at radius 1 is 0.824 bits per heavy atom. The van der Waals surface area contributed by atoms with E-state index in [2.05, 4.69) is 76.4 Å². The van der Waals surface area contributed by atoms with Crippen LogP contribution in [0.25, 0.3) is 0 Å². The molecule has 178 valence electrons. The highest BCUT2D eigenvalue weighted by Gasteiger charge is 2.43. The summed E-state index contributed by atoms with van der Waals surface area (Å²) in [6.07, 6.45) is 0. The Bertz CT molecular complexity index is 1120. The molecule has 5 rings (SSSR count). The number of rotatable bonds is 8. The number of hydrazine groups is 1. The largest absolute Gasteiger partial charge is 0.497 e. The molecule has 0 aliphatic carbocycles. The third-order valence-corrected chi connectivity index (χ3v) is 6.73. The SMILES string of the molecule is CCOc1ccc(C2NNC3c4cc(OCC)ccc4N(Cc4cccc(OC)c4)CC23)cc1. The fourth-order valence-corrected chi connectivity index (χ4v) is 5.19. The van der Waals surface area contributed by atoms with Crippen LogP contribution < -0.4 is 30.0 Å². The Morgan fingerprint density at radius 2 is 1.56 bits per heavy atom. The number of ether oxygens (including phenoxy) is 3. The molecule has 34 heavy (non-hydrogen) atoms. The molecule has 2 aliphatic heterocycles. The summed E-state index contributed by atoms with van der Waals surface area (Å²) >= 11 is 0. The molecule has 3 aromatic rings. The Hall–Kier alpha value is -3.22. The van der Waals surface area contributed by atoms with E-state index in [0.717, 1.165) is 30.3 Å². The van der Waals surface area contributed by atoms with E-state index in [1.165, 1.54) is 22.4 Å². The maximum atomic E-state index is 5.85. The minimum atomic E-state index is 0.192. The first kappa shape index (κ1) is 22.6. The molecule has 0 bridgehead atoms. The number of hydrogen-bond donors (Lipinski definition) is 2. The van der Waals surface area contributed by atoms with Crippen LogP contribution in [0.4, 0.5) is 5.69 Å². The predicted octanol–water partition coefficient (Wildman–Crippen LogP) is 5.02. The smallest absolute Gasteiger partial charge is 0.119 e. The maximum absolute atomic E-state index is 5.85.